The van der Waals surface area contributed by atoms with E-state index in [1.165, 1.54) is 11.8 Å². The van der Waals surface area contributed by atoms with E-state index in [1.807, 2.05) is 6.92 Å². The maximum atomic E-state index is 12.3. The van der Waals surface area contributed by atoms with Crippen molar-refractivity contribution in [2.75, 3.05) is 12.4 Å². The van der Waals surface area contributed by atoms with Crippen LogP contribution < -0.4 is 15.8 Å². The van der Waals surface area contributed by atoms with E-state index in [0.717, 1.165) is 5.69 Å². The molecule has 0 aliphatic rings. The Morgan fingerprint density at radius 2 is 2.14 bits per heavy atom. The first-order valence-electron chi connectivity index (χ1n) is 6.22. The molecule has 2 rings (SSSR count). The van der Waals surface area contributed by atoms with Crippen molar-refractivity contribution < 1.29 is 9.53 Å². The van der Waals surface area contributed by atoms with Crippen molar-refractivity contribution >= 4 is 28.8 Å². The van der Waals surface area contributed by atoms with Crippen molar-refractivity contribution in [1.29, 1.82) is 0 Å². The van der Waals surface area contributed by atoms with Crippen molar-refractivity contribution in [3.8, 4) is 5.75 Å². The maximum Gasteiger partial charge on any atom is 0.274 e. The van der Waals surface area contributed by atoms with Crippen LogP contribution in [0.4, 0.5) is 5.69 Å². The van der Waals surface area contributed by atoms with Gasteiger partial charge in [-0.15, -0.1) is 0 Å². The van der Waals surface area contributed by atoms with Gasteiger partial charge in [0.15, 0.2) is 0 Å². The first kappa shape index (κ1) is 15.0. The molecular formula is C14H16N4O2S. The van der Waals surface area contributed by atoms with Crippen LogP contribution in [-0.2, 0) is 7.05 Å². The summed E-state index contributed by atoms with van der Waals surface area (Å²) in [6, 6.07) is 6.83. The van der Waals surface area contributed by atoms with Crippen LogP contribution in [0.3, 0.4) is 0 Å². The SMILES string of the molecule is COc1cc(C(N)=S)ccc1NC(=O)c1cc(C)nn1C. The Hall–Kier alpha value is -2.41. The quantitative estimate of drug-likeness (QED) is 0.839. The molecule has 0 aliphatic carbocycles. The van der Waals surface area contributed by atoms with Gasteiger partial charge in [0.25, 0.3) is 5.91 Å². The van der Waals surface area contributed by atoms with Crippen LogP contribution in [-0.4, -0.2) is 27.8 Å². The largest absolute Gasteiger partial charge is 0.495 e. The normalized spacial score (nSPS) is 10.2. The minimum atomic E-state index is -0.264. The molecule has 7 heteroatoms. The number of carbonyl (C=O) groups is 1. The average molecular weight is 304 g/mol. The van der Waals surface area contributed by atoms with Crippen LogP contribution in [0.2, 0.25) is 0 Å². The lowest BCUT2D eigenvalue weighted by molar-refractivity contribution is 0.101. The van der Waals surface area contributed by atoms with Gasteiger partial charge in [-0.25, -0.2) is 0 Å². The smallest absolute Gasteiger partial charge is 0.274 e. The lowest BCUT2D eigenvalue weighted by atomic mass is 10.2. The van der Waals surface area contributed by atoms with E-state index < -0.39 is 0 Å². The number of benzene rings is 1. The van der Waals surface area contributed by atoms with Crippen molar-refractivity contribution in [2.24, 2.45) is 12.8 Å². The standard InChI is InChI=1S/C14H16N4O2S/c1-8-6-11(18(2)17-8)14(19)16-10-5-4-9(13(15)21)7-12(10)20-3/h4-7H,1-3H3,(H2,15,21)(H,16,19). The number of ether oxygens (including phenoxy) is 1. The maximum absolute atomic E-state index is 12.3. The van der Waals surface area contributed by atoms with Gasteiger partial charge in [0.2, 0.25) is 0 Å². The number of amides is 1. The molecule has 0 atom stereocenters. The molecule has 1 aromatic heterocycles. The molecule has 0 bridgehead atoms. The molecule has 2 aromatic rings. The zero-order valence-electron chi connectivity index (χ0n) is 12.0. The molecular weight excluding hydrogens is 288 g/mol. The fourth-order valence-electron chi connectivity index (χ4n) is 1.96. The number of hydrogen-bond acceptors (Lipinski definition) is 4. The Labute approximate surface area is 127 Å². The second-order valence-electron chi connectivity index (χ2n) is 4.53. The minimum Gasteiger partial charge on any atom is -0.495 e. The molecule has 110 valence electrons. The number of hydrogen-bond donors (Lipinski definition) is 2. The topological polar surface area (TPSA) is 82.2 Å². The van der Waals surface area contributed by atoms with E-state index in [1.54, 1.807) is 31.3 Å². The fraction of sp³-hybridized carbons (Fsp3) is 0.214. The Bertz CT molecular complexity index is 709. The highest BCUT2D eigenvalue weighted by Crippen LogP contribution is 2.26. The number of anilines is 1. The molecule has 0 saturated carbocycles. The highest BCUT2D eigenvalue weighted by Gasteiger charge is 2.14. The van der Waals surface area contributed by atoms with Crippen LogP contribution in [0.5, 0.6) is 5.75 Å². The second-order valence-corrected chi connectivity index (χ2v) is 4.97. The Kier molecular flexibility index (Phi) is 4.23. The van der Waals surface area contributed by atoms with E-state index >= 15 is 0 Å². The minimum absolute atomic E-state index is 0.264. The predicted molar refractivity (Wildman–Crippen MR) is 84.8 cm³/mol. The van der Waals surface area contributed by atoms with Gasteiger partial charge in [0.1, 0.15) is 16.4 Å². The van der Waals surface area contributed by atoms with Crippen molar-refractivity contribution in [3.05, 3.63) is 41.2 Å². The Morgan fingerprint density at radius 3 is 2.67 bits per heavy atom. The van der Waals surface area contributed by atoms with Crippen molar-refractivity contribution in [3.63, 3.8) is 0 Å². The van der Waals surface area contributed by atoms with Crippen LogP contribution in [0.15, 0.2) is 24.3 Å². The molecule has 21 heavy (non-hydrogen) atoms. The highest BCUT2D eigenvalue weighted by molar-refractivity contribution is 7.80. The van der Waals surface area contributed by atoms with Crippen LogP contribution in [0.1, 0.15) is 21.7 Å². The van der Waals surface area contributed by atoms with Crippen molar-refractivity contribution in [2.45, 2.75) is 6.92 Å². The van der Waals surface area contributed by atoms with Crippen molar-refractivity contribution in [1.82, 2.24) is 9.78 Å². The molecule has 0 unspecified atom stereocenters. The number of methoxy groups -OCH3 is 1. The molecule has 3 N–H and O–H groups in total. The zero-order chi connectivity index (χ0) is 15.6. The molecule has 0 fully saturated rings. The summed E-state index contributed by atoms with van der Waals surface area (Å²) in [5.74, 6) is 0.229. The number of aromatic nitrogens is 2. The second kappa shape index (κ2) is 5.92. The Morgan fingerprint density at radius 1 is 1.43 bits per heavy atom. The van der Waals surface area contributed by atoms with Crippen LogP contribution >= 0.6 is 12.2 Å². The molecule has 0 spiro atoms. The summed E-state index contributed by atoms with van der Waals surface area (Å²) in [5, 5.41) is 6.93. The van der Waals surface area contributed by atoms with Crippen LogP contribution in [0, 0.1) is 6.92 Å². The predicted octanol–water partition coefficient (Wildman–Crippen LogP) is 1.62. The molecule has 0 radical (unpaired) electrons. The van der Waals surface area contributed by atoms with Gasteiger partial charge < -0.3 is 15.8 Å². The third-order valence-electron chi connectivity index (χ3n) is 2.97. The zero-order valence-corrected chi connectivity index (χ0v) is 12.8. The number of carbonyl (C=O) groups excluding carboxylic acids is 1. The van der Waals surface area contributed by atoms with Gasteiger partial charge in [-0.05, 0) is 31.2 Å². The van der Waals surface area contributed by atoms with Gasteiger partial charge in [-0.1, -0.05) is 12.2 Å². The number of rotatable bonds is 4. The van der Waals surface area contributed by atoms with Gasteiger partial charge in [-0.3, -0.25) is 9.48 Å². The number of nitrogens with zero attached hydrogens (tertiary/aromatic N) is 2. The molecule has 1 aromatic carbocycles. The van der Waals surface area contributed by atoms with E-state index in [9.17, 15) is 4.79 Å². The van der Waals surface area contributed by atoms with Gasteiger partial charge in [0, 0.05) is 12.6 Å². The molecule has 1 amide bonds. The first-order chi connectivity index (χ1) is 9.92. The van der Waals surface area contributed by atoms with Crippen LogP contribution in [0.25, 0.3) is 0 Å². The summed E-state index contributed by atoms with van der Waals surface area (Å²) >= 11 is 4.92. The number of nitrogens with two attached hydrogens (primary N) is 1. The first-order valence-corrected chi connectivity index (χ1v) is 6.63. The third kappa shape index (κ3) is 3.19. The number of aryl methyl sites for hydroxylation is 2. The summed E-state index contributed by atoms with van der Waals surface area (Å²) in [4.78, 5) is 12.5. The summed E-state index contributed by atoms with van der Waals surface area (Å²) in [7, 11) is 3.23. The van der Waals surface area contributed by atoms with E-state index in [4.69, 9.17) is 22.7 Å². The van der Waals surface area contributed by atoms with E-state index in [0.29, 0.717) is 22.7 Å². The van der Waals surface area contributed by atoms with E-state index in [-0.39, 0.29) is 10.9 Å². The third-order valence-corrected chi connectivity index (χ3v) is 3.20. The van der Waals surface area contributed by atoms with E-state index in [2.05, 4.69) is 10.4 Å². The summed E-state index contributed by atoms with van der Waals surface area (Å²) in [6.07, 6.45) is 0. The molecule has 0 aliphatic heterocycles. The molecule has 6 nitrogen and oxygen atoms in total. The lowest BCUT2D eigenvalue weighted by Gasteiger charge is -2.11. The monoisotopic (exact) mass is 304 g/mol. The highest BCUT2D eigenvalue weighted by atomic mass is 32.1. The Balaban J connectivity index is 2.29. The summed E-state index contributed by atoms with van der Waals surface area (Å²) < 4.78 is 6.78. The number of nitrogens with one attached hydrogen (secondary N) is 1. The van der Waals surface area contributed by atoms with Gasteiger partial charge in [0.05, 0.1) is 18.5 Å². The molecule has 1 heterocycles. The van der Waals surface area contributed by atoms with Gasteiger partial charge >= 0.3 is 0 Å². The molecule has 0 saturated heterocycles. The lowest BCUT2D eigenvalue weighted by Crippen LogP contribution is -2.17. The summed E-state index contributed by atoms with van der Waals surface area (Å²) in [6.45, 7) is 1.83. The number of thiocarbonyl (C=S) groups is 1. The van der Waals surface area contributed by atoms with Gasteiger partial charge in [-0.2, -0.15) is 5.10 Å². The summed E-state index contributed by atoms with van der Waals surface area (Å²) in [5.41, 5.74) is 8.04. The fourth-order valence-corrected chi connectivity index (χ4v) is 2.08. The average Bonchev–Trinajstić information content (AvgIpc) is 2.78.